The van der Waals surface area contributed by atoms with Gasteiger partial charge in [-0.15, -0.1) is 0 Å². The molecule has 0 heterocycles. The molecule has 0 saturated heterocycles. The zero-order valence-electron chi connectivity index (χ0n) is 14.2. The van der Waals surface area contributed by atoms with Crippen molar-refractivity contribution < 1.29 is 10.0 Å². The van der Waals surface area contributed by atoms with Gasteiger partial charge in [0.25, 0.3) is 5.69 Å². The number of hydrogen-bond acceptors (Lipinski definition) is 4. The van der Waals surface area contributed by atoms with Crippen molar-refractivity contribution in [3.05, 3.63) is 39.9 Å². The lowest BCUT2D eigenvalue weighted by atomic mass is 9.52. The maximum Gasteiger partial charge on any atom is 0.269 e. The fourth-order valence-electron chi connectivity index (χ4n) is 5.91. The summed E-state index contributed by atoms with van der Waals surface area (Å²) in [6.45, 7) is 0.601. The van der Waals surface area contributed by atoms with E-state index in [0.717, 1.165) is 23.3 Å². The second-order valence-corrected chi connectivity index (χ2v) is 8.39. The Morgan fingerprint density at radius 3 is 2.12 bits per heavy atom. The second-order valence-electron chi connectivity index (χ2n) is 8.39. The van der Waals surface area contributed by atoms with Crippen LogP contribution in [-0.4, -0.2) is 34.1 Å². The van der Waals surface area contributed by atoms with Gasteiger partial charge in [-0.3, -0.25) is 15.0 Å². The molecule has 4 fully saturated rings. The van der Waals surface area contributed by atoms with Gasteiger partial charge in [-0.2, -0.15) is 0 Å². The lowest BCUT2D eigenvalue weighted by Gasteiger charge is -2.60. The van der Waals surface area contributed by atoms with Gasteiger partial charge in [-0.25, -0.2) is 0 Å². The number of aliphatic hydroxyl groups is 1. The van der Waals surface area contributed by atoms with Crippen molar-refractivity contribution in [2.45, 2.75) is 50.2 Å². The number of benzene rings is 1. The first-order valence-corrected chi connectivity index (χ1v) is 9.09. The minimum Gasteiger partial charge on any atom is -0.387 e. The van der Waals surface area contributed by atoms with Crippen LogP contribution in [0.5, 0.6) is 0 Å². The standard InChI is InChI=1S/C19H26N2O3/c1-20(12-18(22)16-2-4-17(5-3-16)21(23)24)19-9-13-6-14(10-19)8-15(7-13)11-19/h2-5,13-15,18,22H,6-12H2,1H3/t13?,14?,15?,18-,19?/m1/s1. The monoisotopic (exact) mass is 330 g/mol. The minimum absolute atomic E-state index is 0.0698. The third-order valence-electron chi connectivity index (χ3n) is 6.75. The Balaban J connectivity index is 1.45. The summed E-state index contributed by atoms with van der Waals surface area (Å²) < 4.78 is 0. The average molecular weight is 330 g/mol. The average Bonchev–Trinajstić information content (AvgIpc) is 2.53. The number of nitro benzene ring substituents is 1. The second kappa shape index (κ2) is 5.81. The SMILES string of the molecule is CN(C[C@@H](O)c1ccc([N+](=O)[O-])cc1)C12CC3CC(CC(C3)C1)C2. The maximum absolute atomic E-state index is 10.8. The zero-order valence-corrected chi connectivity index (χ0v) is 14.2. The molecule has 1 aromatic rings. The summed E-state index contributed by atoms with van der Waals surface area (Å²) in [5.41, 5.74) is 1.11. The molecule has 0 aliphatic heterocycles. The highest BCUT2D eigenvalue weighted by Gasteiger charge is 2.52. The Bertz CT molecular complexity index is 593. The molecule has 4 aliphatic rings. The number of likely N-dealkylation sites (N-methyl/N-ethyl adjacent to an activating group) is 1. The first-order chi connectivity index (χ1) is 11.4. The van der Waals surface area contributed by atoms with Gasteiger partial charge in [0.2, 0.25) is 0 Å². The van der Waals surface area contributed by atoms with Gasteiger partial charge >= 0.3 is 0 Å². The van der Waals surface area contributed by atoms with E-state index in [1.807, 2.05) is 0 Å². The number of aliphatic hydroxyl groups excluding tert-OH is 1. The van der Waals surface area contributed by atoms with E-state index in [2.05, 4.69) is 11.9 Å². The van der Waals surface area contributed by atoms with Crippen molar-refractivity contribution >= 4 is 5.69 Å². The Morgan fingerprint density at radius 2 is 1.67 bits per heavy atom. The van der Waals surface area contributed by atoms with E-state index in [-0.39, 0.29) is 11.2 Å². The summed E-state index contributed by atoms with van der Waals surface area (Å²) in [5.74, 6) is 2.65. The van der Waals surface area contributed by atoms with Crippen molar-refractivity contribution in [2.75, 3.05) is 13.6 Å². The lowest BCUT2D eigenvalue weighted by molar-refractivity contribution is -0.384. The van der Waals surface area contributed by atoms with E-state index >= 15 is 0 Å². The third-order valence-corrected chi connectivity index (χ3v) is 6.75. The molecule has 1 N–H and O–H groups in total. The molecular formula is C19H26N2O3. The molecule has 5 nitrogen and oxygen atoms in total. The number of non-ortho nitro benzene ring substituents is 1. The van der Waals surface area contributed by atoms with Crippen LogP contribution in [0.2, 0.25) is 0 Å². The largest absolute Gasteiger partial charge is 0.387 e. The van der Waals surface area contributed by atoms with E-state index in [4.69, 9.17) is 0 Å². The molecule has 130 valence electrons. The van der Waals surface area contributed by atoms with Crippen molar-refractivity contribution in [3.63, 3.8) is 0 Å². The molecule has 0 amide bonds. The summed E-state index contributed by atoms with van der Waals surface area (Å²) in [6.07, 6.45) is 7.49. The fourth-order valence-corrected chi connectivity index (χ4v) is 5.91. The highest BCUT2D eigenvalue weighted by molar-refractivity contribution is 5.33. The van der Waals surface area contributed by atoms with Crippen LogP contribution >= 0.6 is 0 Å². The van der Waals surface area contributed by atoms with Gasteiger partial charge in [0.1, 0.15) is 0 Å². The van der Waals surface area contributed by atoms with Crippen molar-refractivity contribution in [1.82, 2.24) is 4.90 Å². The quantitative estimate of drug-likeness (QED) is 0.662. The predicted molar refractivity (Wildman–Crippen MR) is 91.6 cm³/mol. The Hall–Kier alpha value is -1.46. The van der Waals surface area contributed by atoms with E-state index in [0.29, 0.717) is 6.54 Å². The van der Waals surface area contributed by atoms with Gasteiger partial charge in [0.15, 0.2) is 0 Å². The van der Waals surface area contributed by atoms with Gasteiger partial charge in [-0.1, -0.05) is 0 Å². The van der Waals surface area contributed by atoms with Crippen LogP contribution in [0.25, 0.3) is 0 Å². The molecule has 1 atom stereocenters. The molecule has 0 aromatic heterocycles. The molecule has 1 aromatic carbocycles. The van der Waals surface area contributed by atoms with Crippen LogP contribution in [-0.2, 0) is 0 Å². The van der Waals surface area contributed by atoms with Crippen molar-refractivity contribution in [2.24, 2.45) is 17.8 Å². The summed E-state index contributed by atoms with van der Waals surface area (Å²) in [5, 5.41) is 21.4. The van der Waals surface area contributed by atoms with Gasteiger partial charge in [0.05, 0.1) is 11.0 Å². The number of nitro groups is 1. The number of rotatable bonds is 5. The molecule has 4 aliphatic carbocycles. The molecular weight excluding hydrogens is 304 g/mol. The van der Waals surface area contributed by atoms with Crippen LogP contribution in [0.1, 0.15) is 50.2 Å². The highest BCUT2D eigenvalue weighted by atomic mass is 16.6. The molecule has 4 bridgehead atoms. The normalized spacial score (nSPS) is 35.4. The summed E-state index contributed by atoms with van der Waals surface area (Å²) >= 11 is 0. The van der Waals surface area contributed by atoms with E-state index < -0.39 is 11.0 Å². The summed E-state index contributed by atoms with van der Waals surface area (Å²) in [6, 6.07) is 6.30. The molecule has 5 heteroatoms. The minimum atomic E-state index is -0.594. The summed E-state index contributed by atoms with van der Waals surface area (Å²) in [7, 11) is 2.15. The molecule has 0 unspecified atom stereocenters. The summed E-state index contributed by atoms with van der Waals surface area (Å²) in [4.78, 5) is 12.7. The van der Waals surface area contributed by atoms with E-state index in [1.54, 1.807) is 12.1 Å². The van der Waals surface area contributed by atoms with Crippen LogP contribution in [0.15, 0.2) is 24.3 Å². The van der Waals surface area contributed by atoms with Crippen LogP contribution in [0.3, 0.4) is 0 Å². The van der Waals surface area contributed by atoms with Crippen LogP contribution in [0.4, 0.5) is 5.69 Å². The van der Waals surface area contributed by atoms with Gasteiger partial charge < -0.3 is 5.11 Å². The van der Waals surface area contributed by atoms with Crippen molar-refractivity contribution in [3.8, 4) is 0 Å². The smallest absolute Gasteiger partial charge is 0.269 e. The van der Waals surface area contributed by atoms with Gasteiger partial charge in [0, 0.05) is 24.2 Å². The topological polar surface area (TPSA) is 66.6 Å². The third kappa shape index (κ3) is 2.74. The Morgan fingerprint density at radius 1 is 1.17 bits per heavy atom. The zero-order chi connectivity index (χ0) is 16.9. The number of β-amino-alcohol motifs (C(OH)–C–C–N with tert-alkyl or cyclic N) is 1. The maximum atomic E-state index is 10.8. The van der Waals surface area contributed by atoms with E-state index in [9.17, 15) is 15.2 Å². The molecule has 24 heavy (non-hydrogen) atoms. The number of nitrogens with zero attached hydrogens (tertiary/aromatic N) is 2. The predicted octanol–water partition coefficient (Wildman–Crippen LogP) is 3.53. The first-order valence-electron chi connectivity index (χ1n) is 9.09. The Labute approximate surface area is 142 Å². The van der Waals surface area contributed by atoms with E-state index in [1.165, 1.54) is 50.7 Å². The lowest BCUT2D eigenvalue weighted by Crippen LogP contribution is -2.59. The molecule has 0 radical (unpaired) electrons. The van der Waals surface area contributed by atoms with Crippen molar-refractivity contribution in [1.29, 1.82) is 0 Å². The molecule has 4 saturated carbocycles. The molecule has 5 rings (SSSR count). The highest BCUT2D eigenvalue weighted by Crippen LogP contribution is 2.57. The number of hydrogen-bond donors (Lipinski definition) is 1. The van der Waals surface area contributed by atoms with Gasteiger partial charge in [-0.05, 0) is 81.0 Å². The molecule has 0 spiro atoms. The fraction of sp³-hybridized carbons (Fsp3) is 0.684. The Kier molecular flexibility index (Phi) is 3.88. The van der Waals surface area contributed by atoms with Crippen LogP contribution < -0.4 is 0 Å². The van der Waals surface area contributed by atoms with Crippen LogP contribution in [0, 0.1) is 27.9 Å². The first kappa shape index (κ1) is 16.0.